The minimum Gasteiger partial charge on any atom is -0.348 e. The molecule has 1 saturated heterocycles. The molecule has 2 aromatic rings. The Bertz CT molecular complexity index is 745. The molecule has 1 aromatic carbocycles. The summed E-state index contributed by atoms with van der Waals surface area (Å²) in [5, 5.41) is 11.8. The summed E-state index contributed by atoms with van der Waals surface area (Å²) in [5.74, 6) is -0.490. The molecule has 1 atom stereocenters. The average Bonchev–Trinajstić information content (AvgIpc) is 3.04. The highest BCUT2D eigenvalue weighted by Crippen LogP contribution is 2.25. The molecule has 0 unspecified atom stereocenters. The fourth-order valence-corrected chi connectivity index (χ4v) is 3.64. The summed E-state index contributed by atoms with van der Waals surface area (Å²) in [5.41, 5.74) is 0.862. The monoisotopic (exact) mass is 399 g/mol. The van der Waals surface area contributed by atoms with Crippen molar-refractivity contribution in [3.05, 3.63) is 51.9 Å². The lowest BCUT2D eigenvalue weighted by Gasteiger charge is -2.23. The van der Waals surface area contributed by atoms with Crippen molar-refractivity contribution in [1.29, 1.82) is 0 Å². The highest BCUT2D eigenvalue weighted by Gasteiger charge is 2.20. The van der Waals surface area contributed by atoms with Gasteiger partial charge in [0.25, 0.3) is 11.8 Å². The molecule has 3 N–H and O–H groups in total. The van der Waals surface area contributed by atoms with Crippen LogP contribution in [-0.4, -0.2) is 30.9 Å². The summed E-state index contributed by atoms with van der Waals surface area (Å²) in [7, 11) is 0. The number of hydrogen-bond donors (Lipinski definition) is 3. The summed E-state index contributed by atoms with van der Waals surface area (Å²) in [6.45, 7) is 1.77. The van der Waals surface area contributed by atoms with Crippen LogP contribution in [0, 0.1) is 0 Å². The maximum atomic E-state index is 12.5. The van der Waals surface area contributed by atoms with Gasteiger partial charge in [0, 0.05) is 12.6 Å². The van der Waals surface area contributed by atoms with Gasteiger partial charge in [0.05, 0.1) is 16.1 Å². The number of hydrogen-bond acceptors (Lipinski definition) is 4. The predicted molar refractivity (Wildman–Crippen MR) is 104 cm³/mol. The molecule has 5 nitrogen and oxygen atoms in total. The van der Waals surface area contributed by atoms with Crippen LogP contribution in [0.1, 0.15) is 33.6 Å². The minimum absolute atomic E-state index is 0. The Kier molecular flexibility index (Phi) is 7.25. The summed E-state index contributed by atoms with van der Waals surface area (Å²) >= 11 is 7.36. The highest BCUT2D eigenvalue weighted by atomic mass is 35.5. The number of nitrogens with one attached hydrogen (secondary N) is 3. The van der Waals surface area contributed by atoms with Gasteiger partial charge in [0.1, 0.15) is 5.00 Å². The molecule has 134 valence electrons. The molecule has 0 saturated carbocycles. The van der Waals surface area contributed by atoms with E-state index in [1.807, 2.05) is 0 Å². The van der Waals surface area contributed by atoms with Crippen LogP contribution >= 0.6 is 35.3 Å². The third kappa shape index (κ3) is 4.95. The average molecular weight is 400 g/mol. The minimum atomic E-state index is -0.323. The van der Waals surface area contributed by atoms with E-state index in [2.05, 4.69) is 16.0 Å². The van der Waals surface area contributed by atoms with Gasteiger partial charge >= 0.3 is 0 Å². The molecular formula is C17H19Cl2N3O2S. The lowest BCUT2D eigenvalue weighted by molar-refractivity contribution is 0.0932. The molecule has 1 aliphatic rings. The number of piperidine rings is 1. The SMILES string of the molecule is Cl.O=C(Nc1sccc1C(=O)N[C@H]1CCCNC1)c1ccccc1Cl. The number of rotatable bonds is 4. The van der Waals surface area contributed by atoms with E-state index < -0.39 is 0 Å². The van der Waals surface area contributed by atoms with E-state index in [9.17, 15) is 9.59 Å². The number of thiophene rings is 1. The second kappa shape index (κ2) is 9.20. The summed E-state index contributed by atoms with van der Waals surface area (Å²) in [4.78, 5) is 24.8. The Morgan fingerprint density at radius 2 is 1.96 bits per heavy atom. The largest absolute Gasteiger partial charge is 0.348 e. The number of benzene rings is 1. The second-order valence-corrected chi connectivity index (χ2v) is 6.94. The van der Waals surface area contributed by atoms with Crippen molar-refractivity contribution in [2.24, 2.45) is 0 Å². The van der Waals surface area contributed by atoms with Crippen LogP contribution in [0.5, 0.6) is 0 Å². The second-order valence-electron chi connectivity index (χ2n) is 5.61. The van der Waals surface area contributed by atoms with Gasteiger partial charge in [-0.05, 0) is 43.0 Å². The Balaban J connectivity index is 0.00000225. The first kappa shape index (κ1) is 19.7. The first-order chi connectivity index (χ1) is 11.6. The molecule has 0 spiro atoms. The van der Waals surface area contributed by atoms with E-state index in [4.69, 9.17) is 11.6 Å². The molecule has 2 amide bonds. The zero-order valence-corrected chi connectivity index (χ0v) is 15.8. The lowest BCUT2D eigenvalue weighted by Crippen LogP contribution is -2.45. The fraction of sp³-hybridized carbons (Fsp3) is 0.294. The van der Waals surface area contributed by atoms with Gasteiger partial charge in [-0.15, -0.1) is 23.7 Å². The number of halogens is 2. The Labute approximate surface area is 161 Å². The summed E-state index contributed by atoms with van der Waals surface area (Å²) in [6.07, 6.45) is 2.01. The quantitative estimate of drug-likeness (QED) is 0.735. The van der Waals surface area contributed by atoms with Crippen LogP contribution in [0.2, 0.25) is 5.02 Å². The topological polar surface area (TPSA) is 70.2 Å². The molecule has 1 aromatic heterocycles. The number of carbonyl (C=O) groups is 2. The fourth-order valence-electron chi connectivity index (χ4n) is 2.64. The van der Waals surface area contributed by atoms with E-state index >= 15 is 0 Å². The van der Waals surface area contributed by atoms with Crippen molar-refractivity contribution < 1.29 is 9.59 Å². The number of amides is 2. The van der Waals surface area contributed by atoms with Gasteiger partial charge in [0.15, 0.2) is 0 Å². The van der Waals surface area contributed by atoms with Gasteiger partial charge in [-0.3, -0.25) is 9.59 Å². The van der Waals surface area contributed by atoms with Crippen LogP contribution in [-0.2, 0) is 0 Å². The smallest absolute Gasteiger partial charge is 0.257 e. The molecule has 2 heterocycles. The Hall–Kier alpha value is -1.60. The first-order valence-corrected chi connectivity index (χ1v) is 9.06. The third-order valence-corrected chi connectivity index (χ3v) is 5.05. The highest BCUT2D eigenvalue weighted by molar-refractivity contribution is 7.14. The molecule has 1 aliphatic heterocycles. The maximum absolute atomic E-state index is 12.5. The van der Waals surface area contributed by atoms with E-state index in [0.717, 1.165) is 25.9 Å². The maximum Gasteiger partial charge on any atom is 0.257 e. The van der Waals surface area contributed by atoms with E-state index in [0.29, 0.717) is 21.2 Å². The van der Waals surface area contributed by atoms with Crippen LogP contribution in [0.25, 0.3) is 0 Å². The van der Waals surface area contributed by atoms with E-state index in [1.54, 1.807) is 35.7 Å². The third-order valence-electron chi connectivity index (χ3n) is 3.89. The van der Waals surface area contributed by atoms with E-state index in [1.165, 1.54) is 11.3 Å². The standard InChI is InChI=1S/C17H18ClN3O2S.ClH/c18-14-6-2-1-5-12(14)15(22)21-17-13(7-9-24-17)16(23)20-11-4-3-8-19-10-11;/h1-2,5-7,9,11,19H,3-4,8,10H2,(H,20,23)(H,21,22);1H/t11-;/m0./s1. The van der Waals surface area contributed by atoms with Crippen LogP contribution < -0.4 is 16.0 Å². The summed E-state index contributed by atoms with van der Waals surface area (Å²) < 4.78 is 0. The molecule has 0 aliphatic carbocycles. The van der Waals surface area contributed by atoms with Crippen LogP contribution in [0.4, 0.5) is 5.00 Å². The zero-order chi connectivity index (χ0) is 16.9. The lowest BCUT2D eigenvalue weighted by atomic mass is 10.1. The molecule has 0 bridgehead atoms. The normalized spacial score (nSPS) is 16.6. The van der Waals surface area contributed by atoms with E-state index in [-0.39, 0.29) is 30.3 Å². The molecule has 25 heavy (non-hydrogen) atoms. The van der Waals surface area contributed by atoms with Crippen molar-refractivity contribution in [1.82, 2.24) is 10.6 Å². The van der Waals surface area contributed by atoms with Gasteiger partial charge in [-0.1, -0.05) is 23.7 Å². The van der Waals surface area contributed by atoms with Crippen molar-refractivity contribution in [3.8, 4) is 0 Å². The first-order valence-electron chi connectivity index (χ1n) is 7.80. The van der Waals surface area contributed by atoms with Gasteiger partial charge < -0.3 is 16.0 Å². The molecule has 0 radical (unpaired) electrons. The van der Waals surface area contributed by atoms with Crippen molar-refractivity contribution >= 4 is 52.2 Å². The van der Waals surface area contributed by atoms with Gasteiger partial charge in [-0.2, -0.15) is 0 Å². The van der Waals surface area contributed by atoms with Crippen molar-refractivity contribution in [3.63, 3.8) is 0 Å². The number of anilines is 1. The van der Waals surface area contributed by atoms with Crippen LogP contribution in [0.3, 0.4) is 0 Å². The molecule has 1 fully saturated rings. The molecule has 8 heteroatoms. The van der Waals surface area contributed by atoms with Gasteiger partial charge in [-0.25, -0.2) is 0 Å². The number of carbonyl (C=O) groups excluding carboxylic acids is 2. The van der Waals surface area contributed by atoms with Gasteiger partial charge in [0.2, 0.25) is 0 Å². The zero-order valence-electron chi connectivity index (χ0n) is 13.4. The van der Waals surface area contributed by atoms with Crippen LogP contribution in [0.15, 0.2) is 35.7 Å². The predicted octanol–water partition coefficient (Wildman–Crippen LogP) is 3.56. The molecule has 3 rings (SSSR count). The van der Waals surface area contributed by atoms with Crippen molar-refractivity contribution in [2.75, 3.05) is 18.4 Å². The molecular weight excluding hydrogens is 381 g/mol. The summed E-state index contributed by atoms with van der Waals surface area (Å²) in [6, 6.07) is 8.67. The van der Waals surface area contributed by atoms with Crippen molar-refractivity contribution in [2.45, 2.75) is 18.9 Å². The Morgan fingerprint density at radius 1 is 1.16 bits per heavy atom. The Morgan fingerprint density at radius 3 is 2.68 bits per heavy atom.